The van der Waals surface area contributed by atoms with E-state index in [4.69, 9.17) is 0 Å². The van der Waals surface area contributed by atoms with Crippen molar-refractivity contribution in [1.82, 2.24) is 4.98 Å². The highest BCUT2D eigenvalue weighted by Gasteiger charge is 2.14. The van der Waals surface area contributed by atoms with Crippen LogP contribution in [0.2, 0.25) is 0 Å². The van der Waals surface area contributed by atoms with E-state index >= 15 is 0 Å². The minimum atomic E-state index is -0.560. The quantitative estimate of drug-likeness (QED) is 0.870. The molecule has 1 aromatic heterocycles. The number of carbonyl (C=O) groups excluding carboxylic acids is 1. The first-order chi connectivity index (χ1) is 11.1. The Morgan fingerprint density at radius 2 is 1.96 bits per heavy atom. The van der Waals surface area contributed by atoms with E-state index in [1.54, 1.807) is 18.3 Å². The molecule has 2 heterocycles. The molecule has 1 amide bonds. The molecule has 1 aliphatic heterocycles. The van der Waals surface area contributed by atoms with E-state index in [9.17, 15) is 9.18 Å². The van der Waals surface area contributed by atoms with Gasteiger partial charge >= 0.3 is 0 Å². The molecule has 0 saturated carbocycles. The van der Waals surface area contributed by atoms with Crippen LogP contribution in [0.5, 0.6) is 0 Å². The Bertz CT molecular complexity index is 699. The number of anilines is 2. The Balaban J connectivity index is 1.69. The molecule has 2 aromatic rings. The van der Waals surface area contributed by atoms with Gasteiger partial charge in [0.05, 0.1) is 17.4 Å². The fraction of sp³-hybridized carbons (Fsp3) is 0.294. The topological polar surface area (TPSA) is 45.2 Å². The lowest BCUT2D eigenvalue weighted by atomic mass is 10.1. The number of piperidine rings is 1. The lowest BCUT2D eigenvalue weighted by molar-refractivity contribution is 0.102. The van der Waals surface area contributed by atoms with Crippen molar-refractivity contribution in [3.05, 3.63) is 52.4 Å². The number of rotatable bonds is 3. The van der Waals surface area contributed by atoms with E-state index < -0.39 is 11.7 Å². The van der Waals surface area contributed by atoms with Crippen LogP contribution in [0.4, 0.5) is 15.9 Å². The number of hydrogen-bond donors (Lipinski definition) is 1. The van der Waals surface area contributed by atoms with E-state index in [2.05, 4.69) is 31.1 Å². The van der Waals surface area contributed by atoms with Crippen molar-refractivity contribution in [1.29, 1.82) is 0 Å². The molecule has 23 heavy (non-hydrogen) atoms. The second-order valence-corrected chi connectivity index (χ2v) is 6.45. The molecule has 0 spiro atoms. The second kappa shape index (κ2) is 7.08. The predicted octanol–water partition coefficient (Wildman–Crippen LogP) is 4.23. The van der Waals surface area contributed by atoms with Crippen LogP contribution in [0.1, 0.15) is 29.6 Å². The van der Waals surface area contributed by atoms with E-state index in [1.807, 2.05) is 6.07 Å². The molecule has 1 aromatic carbocycles. The van der Waals surface area contributed by atoms with Gasteiger partial charge in [-0.1, -0.05) is 15.9 Å². The molecular formula is C17H17BrFN3O. The minimum Gasteiger partial charge on any atom is -0.357 e. The van der Waals surface area contributed by atoms with Crippen molar-refractivity contribution in [2.24, 2.45) is 0 Å². The minimum absolute atomic E-state index is 0.00769. The van der Waals surface area contributed by atoms with E-state index in [0.29, 0.717) is 10.2 Å². The molecule has 0 radical (unpaired) electrons. The predicted molar refractivity (Wildman–Crippen MR) is 92.4 cm³/mol. The van der Waals surface area contributed by atoms with Crippen LogP contribution in [0.25, 0.3) is 0 Å². The van der Waals surface area contributed by atoms with Crippen molar-refractivity contribution < 1.29 is 9.18 Å². The largest absolute Gasteiger partial charge is 0.357 e. The second-order valence-electron chi connectivity index (χ2n) is 5.53. The highest BCUT2D eigenvalue weighted by molar-refractivity contribution is 9.10. The van der Waals surface area contributed by atoms with Crippen LogP contribution in [-0.2, 0) is 0 Å². The monoisotopic (exact) mass is 377 g/mol. The summed E-state index contributed by atoms with van der Waals surface area (Å²) in [7, 11) is 0. The van der Waals surface area contributed by atoms with Gasteiger partial charge in [-0.25, -0.2) is 9.37 Å². The van der Waals surface area contributed by atoms with Gasteiger partial charge in [0, 0.05) is 17.6 Å². The smallest absolute Gasteiger partial charge is 0.258 e. The van der Waals surface area contributed by atoms with Crippen LogP contribution < -0.4 is 10.2 Å². The maximum atomic E-state index is 13.8. The first kappa shape index (κ1) is 15.9. The number of halogens is 2. The van der Waals surface area contributed by atoms with Crippen molar-refractivity contribution in [2.45, 2.75) is 19.3 Å². The van der Waals surface area contributed by atoms with Crippen LogP contribution in [-0.4, -0.2) is 24.0 Å². The summed E-state index contributed by atoms with van der Waals surface area (Å²) in [4.78, 5) is 18.8. The summed E-state index contributed by atoms with van der Waals surface area (Å²) < 4.78 is 14.4. The number of pyridine rings is 1. The highest BCUT2D eigenvalue weighted by atomic mass is 79.9. The fourth-order valence-electron chi connectivity index (χ4n) is 2.64. The van der Waals surface area contributed by atoms with Gasteiger partial charge in [0.25, 0.3) is 5.91 Å². The third kappa shape index (κ3) is 3.88. The molecule has 1 aliphatic rings. The summed E-state index contributed by atoms with van der Waals surface area (Å²) in [5.74, 6) is -0.130. The number of hydrogen-bond acceptors (Lipinski definition) is 3. The van der Waals surface area contributed by atoms with E-state index in [1.165, 1.54) is 31.4 Å². The zero-order valence-corrected chi connectivity index (χ0v) is 14.1. The first-order valence-electron chi connectivity index (χ1n) is 7.61. The first-order valence-corrected chi connectivity index (χ1v) is 8.40. The molecule has 0 aliphatic carbocycles. The SMILES string of the molecule is O=C(Nc1ccc(N2CCCCC2)nc1)c1ccc(Br)cc1F. The summed E-state index contributed by atoms with van der Waals surface area (Å²) in [5, 5.41) is 2.67. The maximum absolute atomic E-state index is 13.8. The van der Waals surface area contributed by atoms with Gasteiger partial charge < -0.3 is 10.2 Å². The van der Waals surface area contributed by atoms with Gasteiger partial charge in [-0.3, -0.25) is 4.79 Å². The summed E-state index contributed by atoms with van der Waals surface area (Å²) >= 11 is 3.17. The van der Waals surface area contributed by atoms with Crippen LogP contribution in [0, 0.1) is 5.82 Å². The molecular weight excluding hydrogens is 361 g/mol. The van der Waals surface area contributed by atoms with Gasteiger partial charge in [-0.15, -0.1) is 0 Å². The zero-order chi connectivity index (χ0) is 16.2. The Kier molecular flexibility index (Phi) is 4.91. The van der Waals surface area contributed by atoms with E-state index in [-0.39, 0.29) is 5.56 Å². The lowest BCUT2D eigenvalue weighted by Gasteiger charge is -2.27. The number of nitrogens with zero attached hydrogens (tertiary/aromatic N) is 2. The standard InChI is InChI=1S/C17H17BrFN3O/c18-12-4-6-14(15(19)10-12)17(23)21-13-5-7-16(20-11-13)22-8-2-1-3-9-22/h4-7,10-11H,1-3,8-9H2,(H,21,23). The molecule has 6 heteroatoms. The maximum Gasteiger partial charge on any atom is 0.258 e. The number of amides is 1. The summed E-state index contributed by atoms with van der Waals surface area (Å²) in [6.07, 6.45) is 5.24. The van der Waals surface area contributed by atoms with Crippen LogP contribution in [0.3, 0.4) is 0 Å². The molecule has 1 saturated heterocycles. The Morgan fingerprint density at radius 3 is 2.61 bits per heavy atom. The number of carbonyl (C=O) groups is 1. The molecule has 1 fully saturated rings. The van der Waals surface area contributed by atoms with Gasteiger partial charge in [0.2, 0.25) is 0 Å². The fourth-order valence-corrected chi connectivity index (χ4v) is 2.98. The molecule has 4 nitrogen and oxygen atoms in total. The summed E-state index contributed by atoms with van der Waals surface area (Å²) in [6, 6.07) is 8.04. The Hall–Kier alpha value is -1.95. The van der Waals surface area contributed by atoms with Gasteiger partial charge in [0.15, 0.2) is 0 Å². The Morgan fingerprint density at radius 1 is 1.17 bits per heavy atom. The Labute approximate surface area is 142 Å². The summed E-state index contributed by atoms with van der Waals surface area (Å²) in [5.41, 5.74) is 0.561. The lowest BCUT2D eigenvalue weighted by Crippen LogP contribution is -2.30. The molecule has 0 bridgehead atoms. The number of aromatic nitrogens is 1. The molecule has 3 rings (SSSR count). The van der Waals surface area contributed by atoms with Crippen LogP contribution in [0.15, 0.2) is 41.0 Å². The molecule has 0 unspecified atom stereocenters. The van der Waals surface area contributed by atoms with E-state index in [0.717, 1.165) is 18.9 Å². The normalized spacial score (nSPS) is 14.6. The van der Waals surface area contributed by atoms with Crippen molar-refractivity contribution in [3.8, 4) is 0 Å². The van der Waals surface area contributed by atoms with Gasteiger partial charge in [0.1, 0.15) is 11.6 Å². The van der Waals surface area contributed by atoms with Crippen molar-refractivity contribution in [3.63, 3.8) is 0 Å². The van der Waals surface area contributed by atoms with Crippen LogP contribution >= 0.6 is 15.9 Å². The average molecular weight is 378 g/mol. The highest BCUT2D eigenvalue weighted by Crippen LogP contribution is 2.20. The van der Waals surface area contributed by atoms with Crippen molar-refractivity contribution >= 4 is 33.3 Å². The molecule has 120 valence electrons. The number of benzene rings is 1. The van der Waals surface area contributed by atoms with Gasteiger partial charge in [-0.05, 0) is 49.6 Å². The number of nitrogens with one attached hydrogen (secondary N) is 1. The summed E-state index contributed by atoms with van der Waals surface area (Å²) in [6.45, 7) is 2.03. The third-order valence-electron chi connectivity index (χ3n) is 3.86. The average Bonchev–Trinajstić information content (AvgIpc) is 2.56. The third-order valence-corrected chi connectivity index (χ3v) is 4.35. The molecule has 0 atom stereocenters. The van der Waals surface area contributed by atoms with Crippen molar-refractivity contribution in [2.75, 3.05) is 23.3 Å². The van der Waals surface area contributed by atoms with Gasteiger partial charge in [-0.2, -0.15) is 0 Å². The molecule has 1 N–H and O–H groups in total. The zero-order valence-electron chi connectivity index (χ0n) is 12.6.